The van der Waals surface area contributed by atoms with E-state index < -0.39 is 28.5 Å². The summed E-state index contributed by atoms with van der Waals surface area (Å²) in [6.45, 7) is -0.476. The van der Waals surface area contributed by atoms with Gasteiger partial charge in [0.15, 0.2) is 6.61 Å². The molecule has 0 saturated heterocycles. The van der Waals surface area contributed by atoms with E-state index in [1.807, 2.05) is 5.38 Å². The zero-order valence-electron chi connectivity index (χ0n) is 15.5. The number of thioether (sulfide) groups is 1. The van der Waals surface area contributed by atoms with Crippen LogP contribution < -0.4 is 10.5 Å². The molecule has 1 amide bonds. The van der Waals surface area contributed by atoms with Crippen molar-refractivity contribution in [2.75, 3.05) is 11.9 Å². The number of carbonyl (C=O) groups excluding carboxylic acids is 2. The van der Waals surface area contributed by atoms with Gasteiger partial charge in [-0.05, 0) is 48.5 Å². The molecule has 0 unspecified atom stereocenters. The van der Waals surface area contributed by atoms with Crippen LogP contribution in [0, 0.1) is 0 Å². The Labute approximate surface area is 181 Å². The van der Waals surface area contributed by atoms with Crippen LogP contribution in [-0.4, -0.2) is 31.9 Å². The molecule has 0 aliphatic heterocycles. The normalized spacial score (nSPS) is 11.1. The zero-order valence-corrected chi connectivity index (χ0v) is 17.9. The van der Waals surface area contributed by atoms with Gasteiger partial charge in [0.05, 0.1) is 21.7 Å². The van der Waals surface area contributed by atoms with Crippen molar-refractivity contribution in [3.8, 4) is 0 Å². The van der Waals surface area contributed by atoms with Crippen LogP contribution in [0.3, 0.4) is 0 Å². The maximum Gasteiger partial charge on any atom is 0.338 e. The number of aromatic nitrogens is 1. The summed E-state index contributed by atoms with van der Waals surface area (Å²) in [4.78, 5) is 29.2. The lowest BCUT2D eigenvalue weighted by Crippen LogP contribution is -2.21. The molecule has 0 bridgehead atoms. The smallest absolute Gasteiger partial charge is 0.338 e. The van der Waals surface area contributed by atoms with Gasteiger partial charge in [-0.15, -0.1) is 23.1 Å². The molecule has 30 heavy (non-hydrogen) atoms. The number of hydrogen-bond acceptors (Lipinski definition) is 8. The highest BCUT2D eigenvalue weighted by atomic mass is 32.2. The van der Waals surface area contributed by atoms with Gasteiger partial charge < -0.3 is 10.1 Å². The summed E-state index contributed by atoms with van der Waals surface area (Å²) < 4.78 is 27.5. The third kappa shape index (κ3) is 6.39. The van der Waals surface area contributed by atoms with E-state index in [9.17, 15) is 18.0 Å². The summed E-state index contributed by atoms with van der Waals surface area (Å²) in [6.07, 6.45) is 0. The average molecular weight is 464 g/mol. The Bertz CT molecular complexity index is 1110. The van der Waals surface area contributed by atoms with Gasteiger partial charge in [-0.1, -0.05) is 0 Å². The summed E-state index contributed by atoms with van der Waals surface area (Å²) in [5, 5.41) is 9.51. The fourth-order valence-electron chi connectivity index (χ4n) is 2.29. The lowest BCUT2D eigenvalue weighted by atomic mass is 10.2. The number of thiazole rings is 1. The summed E-state index contributed by atoms with van der Waals surface area (Å²) in [7, 11) is -3.80. The molecule has 11 heteroatoms. The standard InChI is InChI=1S/C19H17N3O5S3/c20-30(25,26)17-7-3-14(4-8-17)22-18(23)9-27-19(24)13-1-5-16(6-2-13)29-11-15-10-28-12-21-15/h1-8,10,12H,9,11H2,(H,22,23)(H2,20,25,26). The highest BCUT2D eigenvalue weighted by molar-refractivity contribution is 7.98. The maximum absolute atomic E-state index is 12.1. The number of benzene rings is 2. The Balaban J connectivity index is 1.46. The van der Waals surface area contributed by atoms with Crippen LogP contribution in [0.15, 0.2) is 69.2 Å². The number of nitrogens with one attached hydrogen (secondary N) is 1. The minimum atomic E-state index is -3.80. The van der Waals surface area contributed by atoms with Gasteiger partial charge in [-0.3, -0.25) is 4.79 Å². The number of rotatable bonds is 8. The largest absolute Gasteiger partial charge is 0.452 e. The lowest BCUT2D eigenvalue weighted by Gasteiger charge is -2.08. The van der Waals surface area contributed by atoms with Crippen molar-refractivity contribution in [2.45, 2.75) is 15.5 Å². The van der Waals surface area contributed by atoms with Gasteiger partial charge in [-0.2, -0.15) is 0 Å². The van der Waals surface area contributed by atoms with Crippen LogP contribution in [0.2, 0.25) is 0 Å². The second-order valence-corrected chi connectivity index (χ2v) is 9.32. The van der Waals surface area contributed by atoms with Crippen LogP contribution >= 0.6 is 23.1 Å². The molecular formula is C19H17N3O5S3. The van der Waals surface area contributed by atoms with E-state index in [1.54, 1.807) is 52.9 Å². The van der Waals surface area contributed by atoms with Gasteiger partial charge in [0.1, 0.15) is 0 Å². The monoisotopic (exact) mass is 463 g/mol. The first kappa shape index (κ1) is 22.0. The first-order valence-electron chi connectivity index (χ1n) is 8.51. The Kier molecular flexibility index (Phi) is 7.21. The van der Waals surface area contributed by atoms with E-state index >= 15 is 0 Å². The number of esters is 1. The number of ether oxygens (including phenoxy) is 1. The molecule has 0 saturated carbocycles. The summed E-state index contributed by atoms with van der Waals surface area (Å²) in [5.41, 5.74) is 3.46. The molecule has 3 aromatic rings. The topological polar surface area (TPSA) is 128 Å². The maximum atomic E-state index is 12.1. The molecule has 8 nitrogen and oxygen atoms in total. The molecule has 156 valence electrons. The fourth-order valence-corrected chi connectivity index (χ4v) is 4.27. The molecule has 0 aliphatic carbocycles. The molecule has 1 heterocycles. The number of nitrogens with two attached hydrogens (primary N) is 1. The number of hydrogen-bond donors (Lipinski definition) is 2. The van der Waals surface area contributed by atoms with Crippen molar-refractivity contribution in [3.05, 3.63) is 70.7 Å². The quantitative estimate of drug-likeness (QED) is 0.388. The van der Waals surface area contributed by atoms with Crippen LogP contribution in [0.1, 0.15) is 16.1 Å². The predicted molar refractivity (Wildman–Crippen MR) is 115 cm³/mol. The second-order valence-electron chi connectivity index (χ2n) is 5.99. The lowest BCUT2D eigenvalue weighted by molar-refractivity contribution is -0.119. The fraction of sp³-hybridized carbons (Fsp3) is 0.105. The van der Waals surface area contributed by atoms with Crippen LogP contribution in [0.4, 0.5) is 5.69 Å². The number of nitrogens with zero attached hydrogens (tertiary/aromatic N) is 1. The molecule has 2 aromatic carbocycles. The van der Waals surface area contributed by atoms with Crippen LogP contribution in [-0.2, 0) is 25.3 Å². The van der Waals surface area contributed by atoms with Crippen molar-refractivity contribution < 1.29 is 22.7 Å². The van der Waals surface area contributed by atoms with Gasteiger partial charge in [0.25, 0.3) is 5.91 Å². The average Bonchev–Trinajstić information content (AvgIpc) is 3.24. The van der Waals surface area contributed by atoms with E-state index in [2.05, 4.69) is 10.3 Å². The van der Waals surface area contributed by atoms with E-state index in [-0.39, 0.29) is 4.90 Å². The Morgan fingerprint density at radius 2 is 1.80 bits per heavy atom. The molecule has 1 aromatic heterocycles. The van der Waals surface area contributed by atoms with Crippen molar-refractivity contribution in [3.63, 3.8) is 0 Å². The SMILES string of the molecule is NS(=O)(=O)c1ccc(NC(=O)COC(=O)c2ccc(SCc3cscn3)cc2)cc1. The van der Waals surface area contributed by atoms with Gasteiger partial charge >= 0.3 is 5.97 Å². The van der Waals surface area contributed by atoms with E-state index in [4.69, 9.17) is 9.88 Å². The minimum absolute atomic E-state index is 0.0693. The van der Waals surface area contributed by atoms with Crippen molar-refractivity contribution in [1.82, 2.24) is 4.98 Å². The number of primary sulfonamides is 1. The summed E-state index contributed by atoms with van der Waals surface area (Å²) >= 11 is 3.15. The zero-order chi connectivity index (χ0) is 21.6. The van der Waals surface area contributed by atoms with Crippen molar-refractivity contribution in [1.29, 1.82) is 0 Å². The van der Waals surface area contributed by atoms with E-state index in [1.165, 1.54) is 24.3 Å². The van der Waals surface area contributed by atoms with E-state index in [0.717, 1.165) is 16.3 Å². The number of carbonyl (C=O) groups is 2. The van der Waals surface area contributed by atoms with Gasteiger partial charge in [0.2, 0.25) is 10.0 Å². The molecule has 0 aliphatic rings. The minimum Gasteiger partial charge on any atom is -0.452 e. The van der Waals surface area contributed by atoms with Crippen LogP contribution in [0.25, 0.3) is 0 Å². The number of sulfonamides is 1. The highest BCUT2D eigenvalue weighted by Crippen LogP contribution is 2.23. The Hall–Kier alpha value is -2.73. The molecule has 0 fully saturated rings. The highest BCUT2D eigenvalue weighted by Gasteiger charge is 2.12. The molecule has 0 atom stereocenters. The first-order chi connectivity index (χ1) is 14.3. The third-order valence-electron chi connectivity index (χ3n) is 3.76. The first-order valence-corrected chi connectivity index (χ1v) is 12.0. The molecular weight excluding hydrogens is 446 g/mol. The van der Waals surface area contributed by atoms with Crippen LogP contribution in [0.5, 0.6) is 0 Å². The molecule has 3 rings (SSSR count). The van der Waals surface area contributed by atoms with Gasteiger partial charge in [-0.25, -0.2) is 23.3 Å². The van der Waals surface area contributed by atoms with Crippen molar-refractivity contribution in [2.24, 2.45) is 5.14 Å². The number of amides is 1. The van der Waals surface area contributed by atoms with Gasteiger partial charge in [0, 0.05) is 21.7 Å². The Morgan fingerprint density at radius 3 is 2.40 bits per heavy atom. The van der Waals surface area contributed by atoms with Crippen molar-refractivity contribution >= 4 is 50.7 Å². The third-order valence-corrected chi connectivity index (χ3v) is 6.37. The number of anilines is 1. The Morgan fingerprint density at radius 1 is 1.10 bits per heavy atom. The summed E-state index contributed by atoms with van der Waals surface area (Å²) in [5.74, 6) is -0.432. The molecule has 0 spiro atoms. The molecule has 3 N–H and O–H groups in total. The molecule has 0 radical (unpaired) electrons. The predicted octanol–water partition coefficient (Wildman–Crippen LogP) is 2.88. The second kappa shape index (κ2) is 9.85. The summed E-state index contributed by atoms with van der Waals surface area (Å²) in [6, 6.07) is 12.2. The van der Waals surface area contributed by atoms with E-state index in [0.29, 0.717) is 11.3 Å².